The molecule has 0 spiro atoms. The Kier molecular flexibility index (Phi) is 2.77. The van der Waals surface area contributed by atoms with Gasteiger partial charge in [0.25, 0.3) is 0 Å². The molecule has 0 unspecified atom stereocenters. The minimum atomic E-state index is 0.576. The van der Waals surface area contributed by atoms with Gasteiger partial charge >= 0.3 is 0 Å². The molecule has 0 saturated heterocycles. The van der Waals surface area contributed by atoms with Crippen molar-refractivity contribution in [1.29, 1.82) is 0 Å². The highest BCUT2D eigenvalue weighted by Gasteiger charge is 2.02. The Bertz CT molecular complexity index is 509. The molecule has 1 aromatic carbocycles. The standard InChI is InChI=1S/C13H14N2O/c1-9-6-11(8-15-13(9)14)10-4-3-5-12(7-10)16-2/h3-8H,1-2H3,(H2,14,15). The number of nitrogens with zero attached hydrogens (tertiary/aromatic N) is 1. The molecule has 0 bridgehead atoms. The maximum absolute atomic E-state index is 5.69. The number of hydrogen-bond donors (Lipinski definition) is 1. The van der Waals surface area contributed by atoms with Gasteiger partial charge in [-0.2, -0.15) is 0 Å². The van der Waals surface area contributed by atoms with Crippen LogP contribution in [0.25, 0.3) is 11.1 Å². The first-order chi connectivity index (χ1) is 7.70. The van der Waals surface area contributed by atoms with Crippen LogP contribution in [-0.4, -0.2) is 12.1 Å². The number of aromatic nitrogens is 1. The highest BCUT2D eigenvalue weighted by atomic mass is 16.5. The Morgan fingerprint density at radius 2 is 2.00 bits per heavy atom. The molecule has 0 amide bonds. The maximum Gasteiger partial charge on any atom is 0.126 e. The molecule has 0 atom stereocenters. The number of ether oxygens (including phenoxy) is 1. The molecule has 0 saturated carbocycles. The van der Waals surface area contributed by atoms with Crippen LogP contribution in [0.5, 0.6) is 5.75 Å². The van der Waals surface area contributed by atoms with Gasteiger partial charge in [-0.05, 0) is 36.2 Å². The van der Waals surface area contributed by atoms with E-state index >= 15 is 0 Å². The van der Waals surface area contributed by atoms with Crippen LogP contribution in [0.4, 0.5) is 5.82 Å². The average Bonchev–Trinajstić information content (AvgIpc) is 2.33. The van der Waals surface area contributed by atoms with Gasteiger partial charge in [0.2, 0.25) is 0 Å². The second-order valence-corrected chi connectivity index (χ2v) is 3.66. The minimum Gasteiger partial charge on any atom is -0.497 e. The molecule has 0 aliphatic heterocycles. The van der Waals surface area contributed by atoms with Gasteiger partial charge in [0.15, 0.2) is 0 Å². The van der Waals surface area contributed by atoms with E-state index in [2.05, 4.69) is 4.98 Å². The third-order valence-electron chi connectivity index (χ3n) is 2.52. The van der Waals surface area contributed by atoms with Crippen molar-refractivity contribution in [1.82, 2.24) is 4.98 Å². The van der Waals surface area contributed by atoms with E-state index in [1.165, 1.54) is 0 Å². The first-order valence-electron chi connectivity index (χ1n) is 5.07. The lowest BCUT2D eigenvalue weighted by Gasteiger charge is -2.06. The summed E-state index contributed by atoms with van der Waals surface area (Å²) in [4.78, 5) is 4.15. The largest absolute Gasteiger partial charge is 0.497 e. The molecule has 3 heteroatoms. The van der Waals surface area contributed by atoms with E-state index in [0.717, 1.165) is 22.4 Å². The summed E-state index contributed by atoms with van der Waals surface area (Å²) in [7, 11) is 1.66. The Morgan fingerprint density at radius 1 is 1.19 bits per heavy atom. The van der Waals surface area contributed by atoms with Crippen LogP contribution >= 0.6 is 0 Å². The van der Waals surface area contributed by atoms with Crippen molar-refractivity contribution in [2.24, 2.45) is 0 Å². The molecule has 3 nitrogen and oxygen atoms in total. The monoisotopic (exact) mass is 214 g/mol. The molecule has 1 heterocycles. The lowest BCUT2D eigenvalue weighted by molar-refractivity contribution is 0.415. The van der Waals surface area contributed by atoms with Gasteiger partial charge in [0.1, 0.15) is 11.6 Å². The summed E-state index contributed by atoms with van der Waals surface area (Å²) in [5.41, 5.74) is 8.80. The van der Waals surface area contributed by atoms with Crippen LogP contribution in [0.3, 0.4) is 0 Å². The molecule has 0 aliphatic rings. The first kappa shape index (κ1) is 10.5. The number of hydrogen-bond acceptors (Lipinski definition) is 3. The predicted molar refractivity (Wildman–Crippen MR) is 65.4 cm³/mol. The molecule has 1 aromatic heterocycles. The molecule has 0 fully saturated rings. The summed E-state index contributed by atoms with van der Waals surface area (Å²) < 4.78 is 5.19. The number of anilines is 1. The zero-order valence-corrected chi connectivity index (χ0v) is 9.40. The van der Waals surface area contributed by atoms with Gasteiger partial charge < -0.3 is 10.5 Å². The SMILES string of the molecule is COc1cccc(-c2cnc(N)c(C)c2)c1. The van der Waals surface area contributed by atoms with E-state index < -0.39 is 0 Å². The molecule has 82 valence electrons. The Hall–Kier alpha value is -2.03. The van der Waals surface area contributed by atoms with E-state index in [4.69, 9.17) is 10.5 Å². The Morgan fingerprint density at radius 3 is 2.69 bits per heavy atom. The molecule has 0 aliphatic carbocycles. The highest BCUT2D eigenvalue weighted by molar-refractivity contribution is 5.66. The number of methoxy groups -OCH3 is 1. The smallest absolute Gasteiger partial charge is 0.126 e. The van der Waals surface area contributed by atoms with Gasteiger partial charge in [-0.3, -0.25) is 0 Å². The van der Waals surface area contributed by atoms with E-state index in [9.17, 15) is 0 Å². The number of nitrogen functional groups attached to an aromatic ring is 1. The van der Waals surface area contributed by atoms with Crippen molar-refractivity contribution in [2.75, 3.05) is 12.8 Å². The molecule has 0 radical (unpaired) electrons. The van der Waals surface area contributed by atoms with Crippen LogP contribution in [0.2, 0.25) is 0 Å². The van der Waals surface area contributed by atoms with Crippen molar-refractivity contribution in [3.8, 4) is 16.9 Å². The lowest BCUT2D eigenvalue weighted by atomic mass is 10.1. The minimum absolute atomic E-state index is 0.576. The Balaban J connectivity index is 2.46. The molecule has 2 N–H and O–H groups in total. The average molecular weight is 214 g/mol. The zero-order chi connectivity index (χ0) is 11.5. The number of nitrogens with two attached hydrogens (primary N) is 1. The number of pyridine rings is 1. The van der Waals surface area contributed by atoms with Gasteiger partial charge in [-0.25, -0.2) is 4.98 Å². The summed E-state index contributed by atoms with van der Waals surface area (Å²) in [6.45, 7) is 1.95. The van der Waals surface area contributed by atoms with E-state index in [0.29, 0.717) is 5.82 Å². The van der Waals surface area contributed by atoms with Gasteiger partial charge in [0.05, 0.1) is 7.11 Å². The molecule has 16 heavy (non-hydrogen) atoms. The second-order valence-electron chi connectivity index (χ2n) is 3.66. The van der Waals surface area contributed by atoms with Crippen molar-refractivity contribution in [2.45, 2.75) is 6.92 Å². The predicted octanol–water partition coefficient (Wildman–Crippen LogP) is 2.65. The fourth-order valence-corrected chi connectivity index (χ4v) is 1.55. The fourth-order valence-electron chi connectivity index (χ4n) is 1.55. The lowest BCUT2D eigenvalue weighted by Crippen LogP contribution is -1.94. The summed E-state index contributed by atoms with van der Waals surface area (Å²) in [6, 6.07) is 9.90. The summed E-state index contributed by atoms with van der Waals surface area (Å²) in [5, 5.41) is 0. The fraction of sp³-hybridized carbons (Fsp3) is 0.154. The van der Waals surface area contributed by atoms with Crippen molar-refractivity contribution in [3.05, 3.63) is 42.1 Å². The maximum atomic E-state index is 5.69. The van der Waals surface area contributed by atoms with Crippen LogP contribution in [-0.2, 0) is 0 Å². The molecular weight excluding hydrogens is 200 g/mol. The number of aryl methyl sites for hydroxylation is 1. The number of rotatable bonds is 2. The van der Waals surface area contributed by atoms with Crippen LogP contribution in [0, 0.1) is 6.92 Å². The van der Waals surface area contributed by atoms with Gasteiger partial charge in [-0.15, -0.1) is 0 Å². The van der Waals surface area contributed by atoms with Crippen LogP contribution in [0.15, 0.2) is 36.5 Å². The van der Waals surface area contributed by atoms with Crippen molar-refractivity contribution < 1.29 is 4.74 Å². The molecule has 2 aromatic rings. The molecule has 2 rings (SSSR count). The topological polar surface area (TPSA) is 48.1 Å². The molecular formula is C13H14N2O. The van der Waals surface area contributed by atoms with Crippen molar-refractivity contribution >= 4 is 5.82 Å². The van der Waals surface area contributed by atoms with Gasteiger partial charge in [-0.1, -0.05) is 12.1 Å². The van der Waals surface area contributed by atoms with Crippen molar-refractivity contribution in [3.63, 3.8) is 0 Å². The third-order valence-corrected chi connectivity index (χ3v) is 2.52. The summed E-state index contributed by atoms with van der Waals surface area (Å²) in [6.07, 6.45) is 1.77. The quantitative estimate of drug-likeness (QED) is 0.836. The van der Waals surface area contributed by atoms with E-state index in [1.807, 2.05) is 37.3 Å². The zero-order valence-electron chi connectivity index (χ0n) is 9.40. The highest BCUT2D eigenvalue weighted by Crippen LogP contribution is 2.24. The van der Waals surface area contributed by atoms with Gasteiger partial charge in [0, 0.05) is 11.8 Å². The van der Waals surface area contributed by atoms with E-state index in [-0.39, 0.29) is 0 Å². The first-order valence-corrected chi connectivity index (χ1v) is 5.07. The summed E-state index contributed by atoms with van der Waals surface area (Å²) in [5.74, 6) is 1.42. The van der Waals surface area contributed by atoms with Crippen LogP contribution in [0.1, 0.15) is 5.56 Å². The Labute approximate surface area is 94.9 Å². The number of benzene rings is 1. The summed E-state index contributed by atoms with van der Waals surface area (Å²) >= 11 is 0. The second kappa shape index (κ2) is 4.23. The van der Waals surface area contributed by atoms with E-state index in [1.54, 1.807) is 13.3 Å². The van der Waals surface area contributed by atoms with Crippen LogP contribution < -0.4 is 10.5 Å². The normalized spacial score (nSPS) is 10.1. The third kappa shape index (κ3) is 1.98.